The van der Waals surface area contributed by atoms with Gasteiger partial charge in [-0.05, 0) is 13.3 Å². The second kappa shape index (κ2) is 8.92. The molecule has 0 aromatic heterocycles. The first-order chi connectivity index (χ1) is 8.66. The molecule has 1 heterocycles. The van der Waals surface area contributed by atoms with E-state index in [4.69, 9.17) is 12.2 Å². The monoisotopic (exact) mass is 287 g/mol. The number of carbonyl (C=O) groups excluding carboxylic acids is 1. The summed E-state index contributed by atoms with van der Waals surface area (Å²) < 4.78 is 0.774. The topological polar surface area (TPSA) is 20.3 Å². The first kappa shape index (κ1) is 16.0. The largest absolute Gasteiger partial charge is 0.294 e. The zero-order valence-electron chi connectivity index (χ0n) is 11.6. The van der Waals surface area contributed by atoms with E-state index in [1.807, 2.05) is 4.90 Å². The summed E-state index contributed by atoms with van der Waals surface area (Å²) in [7, 11) is 0. The van der Waals surface area contributed by atoms with Crippen LogP contribution in [-0.4, -0.2) is 26.9 Å². The minimum Gasteiger partial charge on any atom is -0.294 e. The highest BCUT2D eigenvalue weighted by Crippen LogP contribution is 2.24. The molecular weight excluding hydrogens is 262 g/mol. The average molecular weight is 287 g/mol. The van der Waals surface area contributed by atoms with Crippen LogP contribution in [0.15, 0.2) is 0 Å². The number of amides is 1. The first-order valence-corrected chi connectivity index (χ1v) is 8.55. The standard InChI is InChI=1S/C14H25NOS2/c1-3-4-5-6-7-8-9-10-12(2)15-13(16)11-18-14(15)17/h12H,3-11H2,1-2H3. The lowest BCUT2D eigenvalue weighted by Gasteiger charge is -2.23. The third-order valence-corrected chi connectivity index (χ3v) is 4.84. The summed E-state index contributed by atoms with van der Waals surface area (Å²) in [6.45, 7) is 4.36. The van der Waals surface area contributed by atoms with Gasteiger partial charge in [-0.15, -0.1) is 0 Å². The summed E-state index contributed by atoms with van der Waals surface area (Å²) in [5, 5.41) is 0. The van der Waals surface area contributed by atoms with Gasteiger partial charge in [0.25, 0.3) is 0 Å². The van der Waals surface area contributed by atoms with Crippen LogP contribution in [0.4, 0.5) is 0 Å². The maximum absolute atomic E-state index is 11.7. The van der Waals surface area contributed by atoms with Crippen molar-refractivity contribution in [3.8, 4) is 0 Å². The molecule has 1 aliphatic heterocycles. The average Bonchev–Trinajstić information content (AvgIpc) is 2.68. The summed E-state index contributed by atoms with van der Waals surface area (Å²) >= 11 is 6.71. The van der Waals surface area contributed by atoms with Crippen molar-refractivity contribution in [1.82, 2.24) is 4.90 Å². The van der Waals surface area contributed by atoms with Crippen LogP contribution in [0.2, 0.25) is 0 Å². The van der Waals surface area contributed by atoms with Gasteiger partial charge in [-0.3, -0.25) is 9.69 Å². The van der Waals surface area contributed by atoms with Gasteiger partial charge < -0.3 is 0 Å². The Morgan fingerprint density at radius 1 is 1.22 bits per heavy atom. The van der Waals surface area contributed by atoms with Gasteiger partial charge in [-0.1, -0.05) is 75.8 Å². The Morgan fingerprint density at radius 2 is 1.83 bits per heavy atom. The predicted octanol–water partition coefficient (Wildman–Crippen LogP) is 4.38. The number of thioether (sulfide) groups is 1. The molecule has 0 saturated carbocycles. The quantitative estimate of drug-likeness (QED) is 0.464. The molecule has 1 amide bonds. The molecule has 0 N–H and O–H groups in total. The molecule has 1 fully saturated rings. The Balaban J connectivity index is 2.08. The smallest absolute Gasteiger partial charge is 0.238 e. The molecule has 4 heteroatoms. The normalized spacial score (nSPS) is 17.6. The van der Waals surface area contributed by atoms with Crippen LogP contribution >= 0.6 is 24.0 Å². The second-order valence-electron chi connectivity index (χ2n) is 5.08. The molecule has 1 aliphatic rings. The molecule has 1 unspecified atom stereocenters. The lowest BCUT2D eigenvalue weighted by Crippen LogP contribution is -2.36. The third-order valence-electron chi connectivity index (χ3n) is 3.45. The van der Waals surface area contributed by atoms with Crippen LogP contribution in [0, 0.1) is 0 Å². The van der Waals surface area contributed by atoms with E-state index in [9.17, 15) is 4.79 Å². The maximum atomic E-state index is 11.7. The van der Waals surface area contributed by atoms with Gasteiger partial charge in [0.1, 0.15) is 4.32 Å². The van der Waals surface area contributed by atoms with E-state index >= 15 is 0 Å². The van der Waals surface area contributed by atoms with Gasteiger partial charge in [-0.25, -0.2) is 0 Å². The van der Waals surface area contributed by atoms with Crippen LogP contribution in [0.25, 0.3) is 0 Å². The van der Waals surface area contributed by atoms with E-state index in [2.05, 4.69) is 13.8 Å². The zero-order chi connectivity index (χ0) is 13.4. The molecule has 0 bridgehead atoms. The Labute approximate surface area is 121 Å². The zero-order valence-corrected chi connectivity index (χ0v) is 13.2. The molecule has 1 rings (SSSR count). The van der Waals surface area contributed by atoms with Gasteiger partial charge >= 0.3 is 0 Å². The number of hydrogen-bond donors (Lipinski definition) is 0. The van der Waals surface area contributed by atoms with E-state index < -0.39 is 0 Å². The molecule has 0 spiro atoms. The number of rotatable bonds is 9. The molecule has 1 saturated heterocycles. The number of thiocarbonyl (C=S) groups is 1. The van der Waals surface area contributed by atoms with Crippen molar-refractivity contribution < 1.29 is 4.79 Å². The molecule has 18 heavy (non-hydrogen) atoms. The van der Waals surface area contributed by atoms with Gasteiger partial charge in [-0.2, -0.15) is 0 Å². The van der Waals surface area contributed by atoms with Crippen molar-refractivity contribution in [2.45, 2.75) is 71.3 Å². The minimum atomic E-state index is 0.195. The van der Waals surface area contributed by atoms with E-state index in [1.165, 1.54) is 56.7 Å². The highest BCUT2D eigenvalue weighted by Gasteiger charge is 2.30. The van der Waals surface area contributed by atoms with Crippen molar-refractivity contribution in [3.05, 3.63) is 0 Å². The highest BCUT2D eigenvalue weighted by atomic mass is 32.2. The number of hydrogen-bond acceptors (Lipinski definition) is 3. The fraction of sp³-hybridized carbons (Fsp3) is 0.857. The van der Waals surface area contributed by atoms with Crippen LogP contribution in [0.1, 0.15) is 65.2 Å². The van der Waals surface area contributed by atoms with Crippen molar-refractivity contribution in [1.29, 1.82) is 0 Å². The van der Waals surface area contributed by atoms with E-state index in [0.29, 0.717) is 5.75 Å². The summed E-state index contributed by atoms with van der Waals surface area (Å²) in [6.07, 6.45) is 10.3. The first-order valence-electron chi connectivity index (χ1n) is 7.15. The van der Waals surface area contributed by atoms with Gasteiger partial charge in [0.15, 0.2) is 0 Å². The summed E-state index contributed by atoms with van der Waals surface area (Å²) in [5.74, 6) is 0.737. The fourth-order valence-corrected chi connectivity index (χ4v) is 3.58. The van der Waals surface area contributed by atoms with Crippen LogP contribution in [0.3, 0.4) is 0 Å². The van der Waals surface area contributed by atoms with Crippen molar-refractivity contribution in [2.75, 3.05) is 5.75 Å². The van der Waals surface area contributed by atoms with Crippen molar-refractivity contribution in [3.63, 3.8) is 0 Å². The Hall–Kier alpha value is -0.0900. The molecule has 0 aromatic carbocycles. The molecular formula is C14H25NOS2. The number of carbonyl (C=O) groups is 1. The van der Waals surface area contributed by atoms with Gasteiger partial charge in [0.2, 0.25) is 5.91 Å². The third kappa shape index (κ3) is 5.27. The molecule has 104 valence electrons. The number of nitrogens with zero attached hydrogens (tertiary/aromatic N) is 1. The highest BCUT2D eigenvalue weighted by molar-refractivity contribution is 8.23. The van der Waals surface area contributed by atoms with Crippen LogP contribution in [0.5, 0.6) is 0 Å². The Morgan fingerprint density at radius 3 is 2.39 bits per heavy atom. The SMILES string of the molecule is CCCCCCCCCC(C)N1C(=O)CSC1=S. The molecule has 0 aliphatic carbocycles. The molecule has 0 aromatic rings. The van der Waals surface area contributed by atoms with E-state index in [0.717, 1.165) is 10.7 Å². The number of unbranched alkanes of at least 4 members (excludes halogenated alkanes) is 6. The Kier molecular flexibility index (Phi) is 7.91. The summed E-state index contributed by atoms with van der Waals surface area (Å²) in [4.78, 5) is 13.5. The lowest BCUT2D eigenvalue weighted by molar-refractivity contribution is -0.125. The summed E-state index contributed by atoms with van der Waals surface area (Å²) in [6, 6.07) is 0.288. The van der Waals surface area contributed by atoms with E-state index in [1.54, 1.807) is 0 Å². The summed E-state index contributed by atoms with van der Waals surface area (Å²) in [5.41, 5.74) is 0. The Bertz CT molecular complexity index is 265. The molecule has 1 atom stereocenters. The van der Waals surface area contributed by atoms with E-state index in [-0.39, 0.29) is 11.9 Å². The predicted molar refractivity (Wildman–Crippen MR) is 84.0 cm³/mol. The minimum absolute atomic E-state index is 0.195. The van der Waals surface area contributed by atoms with Crippen molar-refractivity contribution in [2.24, 2.45) is 0 Å². The van der Waals surface area contributed by atoms with Gasteiger partial charge in [0, 0.05) is 6.04 Å². The van der Waals surface area contributed by atoms with Crippen LogP contribution in [-0.2, 0) is 4.79 Å². The maximum Gasteiger partial charge on any atom is 0.238 e. The van der Waals surface area contributed by atoms with Gasteiger partial charge in [0.05, 0.1) is 5.75 Å². The fourth-order valence-electron chi connectivity index (χ4n) is 2.32. The van der Waals surface area contributed by atoms with Crippen molar-refractivity contribution >= 4 is 34.2 Å². The lowest BCUT2D eigenvalue weighted by atomic mass is 10.1. The molecule has 0 radical (unpaired) electrons. The molecule has 2 nitrogen and oxygen atoms in total. The second-order valence-corrected chi connectivity index (χ2v) is 6.69. The van der Waals surface area contributed by atoms with Crippen LogP contribution < -0.4 is 0 Å².